The first kappa shape index (κ1) is 16.2. The van der Waals surface area contributed by atoms with Gasteiger partial charge >= 0.3 is 5.69 Å². The molecule has 2 fully saturated rings. The summed E-state index contributed by atoms with van der Waals surface area (Å²) in [6, 6.07) is 1.50. The van der Waals surface area contributed by atoms with Gasteiger partial charge in [0.05, 0.1) is 30.0 Å². The number of hydrogen-bond acceptors (Lipinski definition) is 8. The summed E-state index contributed by atoms with van der Waals surface area (Å²) in [4.78, 5) is 19.0. The van der Waals surface area contributed by atoms with Gasteiger partial charge in [-0.25, -0.2) is 4.98 Å². The summed E-state index contributed by atoms with van der Waals surface area (Å²) in [6.45, 7) is 2.98. The molecule has 1 N–H and O–H groups in total. The van der Waals surface area contributed by atoms with E-state index in [-0.39, 0.29) is 17.2 Å². The van der Waals surface area contributed by atoms with E-state index in [0.717, 1.165) is 0 Å². The minimum atomic E-state index is -2.74. The smallest absolute Gasteiger partial charge is 0.313 e. The van der Waals surface area contributed by atoms with E-state index < -0.39 is 15.5 Å². The Morgan fingerprint density at radius 3 is 2.48 bits per heavy atom. The summed E-state index contributed by atoms with van der Waals surface area (Å²) in [5.74, 6) is 0.697. The lowest BCUT2D eigenvalue weighted by Crippen LogP contribution is -2.39. The number of ether oxygens (including phenoxy) is 1. The summed E-state index contributed by atoms with van der Waals surface area (Å²) in [6.07, 6.45) is 1.60. The molecule has 9 nitrogen and oxygen atoms in total. The molecule has 3 heterocycles. The second-order valence-electron chi connectivity index (χ2n) is 5.56. The summed E-state index contributed by atoms with van der Waals surface area (Å²) < 4.78 is 26.4. The number of morpholine rings is 1. The Morgan fingerprint density at radius 2 is 1.87 bits per heavy atom. The fraction of sp³-hybridized carbons (Fsp3) is 0.615. The molecule has 2 saturated heterocycles. The quantitative estimate of drug-likeness (QED) is 0.640. The van der Waals surface area contributed by atoms with Crippen LogP contribution in [0.15, 0.2) is 12.3 Å². The average Bonchev–Trinajstić information content (AvgIpc) is 2.55. The number of pyridine rings is 1. The molecule has 2 aliphatic rings. The standard InChI is InChI=1S/C13H20N4O5S/c18-17(19)12-9-11(15-3-7-23(20,21)8-4-15)10-14-13(12)16-1-5-22-6-2-16/h9-10,20-21H,1-8H2/p-1. The Balaban J connectivity index is 1.83. The Kier molecular flexibility index (Phi) is 4.57. The van der Waals surface area contributed by atoms with Crippen LogP contribution in [-0.2, 0) is 4.74 Å². The highest BCUT2D eigenvalue weighted by atomic mass is 32.3. The zero-order valence-electron chi connectivity index (χ0n) is 12.6. The molecule has 0 bridgehead atoms. The van der Waals surface area contributed by atoms with Gasteiger partial charge in [-0.1, -0.05) is 0 Å². The first-order chi connectivity index (χ1) is 11.0. The van der Waals surface area contributed by atoms with Crippen LogP contribution in [-0.4, -0.2) is 69.9 Å². The van der Waals surface area contributed by atoms with Gasteiger partial charge in [0.25, 0.3) is 0 Å². The maximum Gasteiger partial charge on any atom is 0.313 e. The lowest BCUT2D eigenvalue weighted by atomic mass is 10.3. The van der Waals surface area contributed by atoms with E-state index in [0.29, 0.717) is 50.9 Å². The SMILES string of the molecule is O=[N+]([O-])c1cc(N2CCS([O-])(O)CC2)cnc1N1CCOCC1. The molecular formula is C13H19N4O5S-. The highest BCUT2D eigenvalue weighted by molar-refractivity contribution is 8.24. The van der Waals surface area contributed by atoms with E-state index in [2.05, 4.69) is 4.98 Å². The zero-order valence-corrected chi connectivity index (χ0v) is 13.4. The lowest BCUT2D eigenvalue weighted by Gasteiger charge is -2.51. The summed E-state index contributed by atoms with van der Waals surface area (Å²) in [5, 5.41) is 11.4. The Hall–Kier alpha value is -1.62. The largest absolute Gasteiger partial charge is 0.768 e. The van der Waals surface area contributed by atoms with Crippen LogP contribution in [0.3, 0.4) is 0 Å². The highest BCUT2D eigenvalue weighted by Crippen LogP contribution is 2.41. The molecule has 23 heavy (non-hydrogen) atoms. The van der Waals surface area contributed by atoms with Crippen LogP contribution in [0, 0.1) is 10.1 Å². The number of anilines is 2. The molecule has 0 aliphatic carbocycles. The monoisotopic (exact) mass is 343 g/mol. The van der Waals surface area contributed by atoms with Gasteiger partial charge in [-0.15, -0.1) is 0 Å². The molecule has 2 aliphatic heterocycles. The van der Waals surface area contributed by atoms with E-state index in [1.54, 1.807) is 6.20 Å². The molecule has 3 rings (SSSR count). The second kappa shape index (κ2) is 6.48. The van der Waals surface area contributed by atoms with Crippen molar-refractivity contribution in [3.05, 3.63) is 22.4 Å². The molecule has 0 atom stereocenters. The predicted molar refractivity (Wildman–Crippen MR) is 86.9 cm³/mol. The normalized spacial score (nSPS) is 22.7. The minimum absolute atomic E-state index is 0.0419. The molecule has 0 radical (unpaired) electrons. The topological polar surface area (TPSA) is 115 Å². The molecule has 1 aromatic rings. The molecule has 0 amide bonds. The van der Waals surface area contributed by atoms with Crippen molar-refractivity contribution in [2.75, 3.05) is 60.7 Å². The van der Waals surface area contributed by atoms with Crippen LogP contribution in [0.25, 0.3) is 0 Å². The van der Waals surface area contributed by atoms with Crippen LogP contribution in [0.1, 0.15) is 0 Å². The van der Waals surface area contributed by atoms with Gasteiger partial charge in [-0.05, 0) is 0 Å². The highest BCUT2D eigenvalue weighted by Gasteiger charge is 2.26. The predicted octanol–water partition coefficient (Wildman–Crippen LogP) is 1.05. The number of aromatic nitrogens is 1. The number of nitro groups is 1. The van der Waals surface area contributed by atoms with Crippen molar-refractivity contribution in [3.63, 3.8) is 0 Å². The van der Waals surface area contributed by atoms with Gasteiger partial charge in [0.15, 0.2) is 0 Å². The van der Waals surface area contributed by atoms with Crippen LogP contribution >= 0.6 is 10.6 Å². The average molecular weight is 343 g/mol. The van der Waals surface area contributed by atoms with Crippen LogP contribution in [0.4, 0.5) is 17.2 Å². The summed E-state index contributed by atoms with van der Waals surface area (Å²) in [5.41, 5.74) is 0.573. The maximum absolute atomic E-state index is 11.6. The first-order valence-electron chi connectivity index (χ1n) is 7.40. The van der Waals surface area contributed by atoms with Crippen molar-refractivity contribution < 1.29 is 18.8 Å². The number of hydrogen-bond donors (Lipinski definition) is 1. The number of nitrogens with zero attached hydrogens (tertiary/aromatic N) is 4. The summed E-state index contributed by atoms with van der Waals surface area (Å²) >= 11 is 0. The molecule has 10 heteroatoms. The first-order valence-corrected chi connectivity index (χ1v) is 9.26. The van der Waals surface area contributed by atoms with E-state index in [1.165, 1.54) is 6.07 Å². The van der Waals surface area contributed by atoms with Crippen LogP contribution < -0.4 is 9.80 Å². The van der Waals surface area contributed by atoms with Gasteiger partial charge in [-0.2, -0.15) is 0 Å². The third-order valence-corrected chi connectivity index (χ3v) is 5.71. The molecule has 0 unspecified atom stereocenters. The van der Waals surface area contributed by atoms with Crippen LogP contribution in [0.5, 0.6) is 0 Å². The van der Waals surface area contributed by atoms with Crippen molar-refractivity contribution in [2.45, 2.75) is 0 Å². The van der Waals surface area contributed by atoms with Crippen LogP contribution in [0.2, 0.25) is 0 Å². The van der Waals surface area contributed by atoms with E-state index in [9.17, 15) is 19.2 Å². The fourth-order valence-corrected chi connectivity index (χ4v) is 3.95. The number of rotatable bonds is 3. The third-order valence-electron chi connectivity index (χ3n) is 4.07. The fourth-order valence-electron chi connectivity index (χ4n) is 2.74. The van der Waals surface area contributed by atoms with Gasteiger partial charge in [0.2, 0.25) is 5.82 Å². The Labute approximate surface area is 135 Å². The summed E-state index contributed by atoms with van der Waals surface area (Å²) in [7, 11) is -2.74. The van der Waals surface area contributed by atoms with Crippen molar-refractivity contribution in [2.24, 2.45) is 0 Å². The zero-order chi connectivity index (χ0) is 16.4. The van der Waals surface area contributed by atoms with Crippen molar-refractivity contribution in [1.29, 1.82) is 0 Å². The third kappa shape index (κ3) is 3.66. The Bertz CT molecular complexity index is 584. The molecule has 128 valence electrons. The van der Waals surface area contributed by atoms with Gasteiger partial charge in [0, 0.05) is 43.8 Å². The minimum Gasteiger partial charge on any atom is -0.768 e. The molecule has 1 aromatic heterocycles. The lowest BCUT2D eigenvalue weighted by molar-refractivity contribution is -0.384. The van der Waals surface area contributed by atoms with Gasteiger partial charge < -0.3 is 34.2 Å². The van der Waals surface area contributed by atoms with Crippen molar-refractivity contribution in [1.82, 2.24) is 4.98 Å². The molecule has 0 saturated carbocycles. The second-order valence-corrected chi connectivity index (χ2v) is 7.92. The van der Waals surface area contributed by atoms with E-state index >= 15 is 0 Å². The van der Waals surface area contributed by atoms with E-state index in [4.69, 9.17) is 4.74 Å². The maximum atomic E-state index is 11.6. The molecule has 0 spiro atoms. The van der Waals surface area contributed by atoms with Gasteiger partial charge in [0.1, 0.15) is 0 Å². The van der Waals surface area contributed by atoms with E-state index in [1.807, 2.05) is 9.80 Å². The molecular weight excluding hydrogens is 324 g/mol. The molecule has 0 aromatic carbocycles. The van der Waals surface area contributed by atoms with Crippen molar-refractivity contribution >= 4 is 27.8 Å². The van der Waals surface area contributed by atoms with Gasteiger partial charge in [-0.3, -0.25) is 10.1 Å². The van der Waals surface area contributed by atoms with Crippen molar-refractivity contribution in [3.8, 4) is 0 Å². The Morgan fingerprint density at radius 1 is 1.22 bits per heavy atom.